The first-order valence-electron chi connectivity index (χ1n) is 19.4. The quantitative estimate of drug-likeness (QED) is 0.127. The van der Waals surface area contributed by atoms with E-state index >= 15 is 0 Å². The fraction of sp³-hybridized carbons (Fsp3) is 0.372. The van der Waals surface area contributed by atoms with E-state index < -0.39 is 12.1 Å². The first-order valence-corrected chi connectivity index (χ1v) is 21.4. The van der Waals surface area contributed by atoms with Gasteiger partial charge < -0.3 is 29.7 Å². The van der Waals surface area contributed by atoms with Crippen LogP contribution in [0.3, 0.4) is 0 Å². The number of rotatable bonds is 10. The van der Waals surface area contributed by atoms with Crippen molar-refractivity contribution in [3.8, 4) is 33.6 Å². The molecule has 0 saturated carbocycles. The monoisotopic (exact) mass is 805 g/mol. The van der Waals surface area contributed by atoms with Crippen LogP contribution in [-0.4, -0.2) is 89.7 Å². The molecule has 0 radical (unpaired) electrons. The fourth-order valence-corrected chi connectivity index (χ4v) is 11.2. The summed E-state index contributed by atoms with van der Waals surface area (Å²) >= 11 is 3.88. The molecular formula is C43H47N7O5S2. The van der Waals surface area contributed by atoms with Gasteiger partial charge in [-0.1, -0.05) is 92.7 Å². The Hall–Kier alpha value is -5.21. The number of nitrogens with zero attached hydrogens (tertiary/aromatic N) is 4. The number of alkyl carbamates (subject to hydrolysis) is 1. The second-order valence-corrected chi connectivity index (χ2v) is 18.3. The van der Waals surface area contributed by atoms with E-state index in [1.807, 2.05) is 89.9 Å². The van der Waals surface area contributed by atoms with Crippen LogP contribution in [0.25, 0.3) is 33.6 Å². The zero-order valence-electron chi connectivity index (χ0n) is 32.3. The Balaban J connectivity index is 0.925. The standard InChI is InChI=1S/C43H47N7O5S2/c1-27(2)37(48-41(52)54-3)40(51)49-19-7-10-35(49)38-44-23-33(46-38)31-15-11-29(12-16-31)30-13-17-32(18-14-30)34-24-45-39(47-34)36-22-43(56-20-21-57-43)26-50(36)42(53)55-25-28-8-5-4-6-9-28/h4-6,8-9,11-18,23-24,27,35-37H,7,10,19-22,25-26H2,1-3H3,(H,44,46)(H,45,47)(H,48,52)/t35?,36-,37-/m0/s1. The summed E-state index contributed by atoms with van der Waals surface area (Å²) in [5.41, 5.74) is 6.88. The minimum Gasteiger partial charge on any atom is -0.453 e. The predicted octanol–water partition coefficient (Wildman–Crippen LogP) is 8.44. The zero-order chi connectivity index (χ0) is 39.5. The topological polar surface area (TPSA) is 146 Å². The number of aromatic nitrogens is 4. The third kappa shape index (κ3) is 8.29. The van der Waals surface area contributed by atoms with Crippen molar-refractivity contribution in [2.75, 3.05) is 31.7 Å². The van der Waals surface area contributed by atoms with Crippen molar-refractivity contribution in [2.24, 2.45) is 5.92 Å². The van der Waals surface area contributed by atoms with Crippen LogP contribution in [0.15, 0.2) is 91.3 Å². The Labute approximate surface area is 340 Å². The van der Waals surface area contributed by atoms with Crippen molar-refractivity contribution in [1.82, 2.24) is 35.1 Å². The lowest BCUT2D eigenvalue weighted by molar-refractivity contribution is -0.135. The van der Waals surface area contributed by atoms with E-state index in [2.05, 4.69) is 68.8 Å². The number of benzene rings is 3. The van der Waals surface area contributed by atoms with Crippen LogP contribution in [0.5, 0.6) is 0 Å². The van der Waals surface area contributed by atoms with Gasteiger partial charge in [-0.05, 0) is 46.6 Å². The molecule has 57 heavy (non-hydrogen) atoms. The number of thioether (sulfide) groups is 2. The molecule has 3 amide bonds. The molecule has 3 fully saturated rings. The number of aromatic amines is 2. The average molecular weight is 806 g/mol. The van der Waals surface area contributed by atoms with Crippen LogP contribution in [0.1, 0.15) is 62.4 Å². The number of hydrogen-bond donors (Lipinski definition) is 3. The molecule has 1 unspecified atom stereocenters. The zero-order valence-corrected chi connectivity index (χ0v) is 33.9. The molecular weight excluding hydrogens is 759 g/mol. The second kappa shape index (κ2) is 16.7. The molecule has 3 atom stereocenters. The molecule has 0 bridgehead atoms. The molecule has 5 aromatic rings. The molecule has 14 heteroatoms. The van der Waals surface area contributed by atoms with Gasteiger partial charge in [0.2, 0.25) is 5.91 Å². The Bertz CT molecular complexity index is 2180. The van der Waals surface area contributed by atoms with Gasteiger partial charge in [-0.2, -0.15) is 0 Å². The number of ether oxygens (including phenoxy) is 2. The molecule has 3 aliphatic rings. The normalized spacial score (nSPS) is 19.3. The van der Waals surface area contributed by atoms with Crippen LogP contribution in [0.2, 0.25) is 0 Å². The molecule has 3 aliphatic heterocycles. The summed E-state index contributed by atoms with van der Waals surface area (Å²) in [7, 11) is 1.30. The van der Waals surface area contributed by atoms with E-state index in [0.29, 0.717) is 13.1 Å². The summed E-state index contributed by atoms with van der Waals surface area (Å²) < 4.78 is 10.5. The van der Waals surface area contributed by atoms with Crippen LogP contribution >= 0.6 is 23.5 Å². The fourth-order valence-electron chi connectivity index (χ4n) is 7.97. The molecule has 1 spiro atoms. The predicted molar refractivity (Wildman–Crippen MR) is 223 cm³/mol. The summed E-state index contributed by atoms with van der Waals surface area (Å²) in [4.78, 5) is 59.1. The van der Waals surface area contributed by atoms with E-state index in [1.54, 1.807) is 0 Å². The summed E-state index contributed by atoms with van der Waals surface area (Å²) in [5, 5.41) is 2.70. The molecule has 3 saturated heterocycles. The average Bonchev–Trinajstić information content (AvgIpc) is 4.10. The van der Waals surface area contributed by atoms with Gasteiger partial charge in [0, 0.05) is 31.0 Å². The van der Waals surface area contributed by atoms with E-state index in [4.69, 9.17) is 14.5 Å². The number of H-pyrrole nitrogens is 2. The second-order valence-electron chi connectivity index (χ2n) is 15.1. The number of carbonyl (C=O) groups excluding carboxylic acids is 3. The van der Waals surface area contributed by atoms with Gasteiger partial charge in [0.25, 0.3) is 0 Å². The molecule has 0 aliphatic carbocycles. The van der Waals surface area contributed by atoms with Crippen molar-refractivity contribution < 1.29 is 23.9 Å². The van der Waals surface area contributed by atoms with Crippen molar-refractivity contribution in [2.45, 2.75) is 61.9 Å². The Morgan fingerprint density at radius 2 is 1.40 bits per heavy atom. The van der Waals surface area contributed by atoms with Crippen molar-refractivity contribution in [3.05, 3.63) is 108 Å². The van der Waals surface area contributed by atoms with E-state index in [0.717, 1.165) is 81.6 Å². The largest absolute Gasteiger partial charge is 0.453 e. The Morgan fingerprint density at radius 3 is 1.98 bits per heavy atom. The number of methoxy groups -OCH3 is 1. The van der Waals surface area contributed by atoms with Gasteiger partial charge in [-0.25, -0.2) is 19.6 Å². The van der Waals surface area contributed by atoms with E-state index in [9.17, 15) is 14.4 Å². The summed E-state index contributed by atoms with van der Waals surface area (Å²) in [5.74, 6) is 3.43. The first kappa shape index (κ1) is 38.7. The lowest BCUT2D eigenvalue weighted by Gasteiger charge is -2.30. The number of likely N-dealkylation sites (tertiary alicyclic amines) is 2. The van der Waals surface area contributed by atoms with Crippen molar-refractivity contribution >= 4 is 41.6 Å². The molecule has 8 rings (SSSR count). The first-order chi connectivity index (χ1) is 27.7. The Morgan fingerprint density at radius 1 is 0.825 bits per heavy atom. The van der Waals surface area contributed by atoms with Gasteiger partial charge in [0.05, 0.1) is 47.1 Å². The lowest BCUT2D eigenvalue weighted by Crippen LogP contribution is -2.51. The van der Waals surface area contributed by atoms with Crippen LogP contribution in [-0.2, 0) is 20.9 Å². The van der Waals surface area contributed by atoms with Gasteiger partial charge in [0.1, 0.15) is 24.3 Å². The minimum absolute atomic E-state index is 0.0409. The smallest absolute Gasteiger partial charge is 0.410 e. The maximum atomic E-state index is 13.6. The highest BCUT2D eigenvalue weighted by atomic mass is 32.2. The molecule has 2 aromatic heterocycles. The number of imidazole rings is 2. The number of hydrogen-bond acceptors (Lipinski definition) is 9. The molecule has 3 N–H and O–H groups in total. The molecule has 3 aromatic carbocycles. The lowest BCUT2D eigenvalue weighted by atomic mass is 10.0. The minimum atomic E-state index is -0.681. The van der Waals surface area contributed by atoms with Crippen molar-refractivity contribution in [3.63, 3.8) is 0 Å². The van der Waals surface area contributed by atoms with Gasteiger partial charge >= 0.3 is 12.2 Å². The van der Waals surface area contributed by atoms with E-state index in [1.165, 1.54) is 7.11 Å². The van der Waals surface area contributed by atoms with Crippen LogP contribution in [0, 0.1) is 5.92 Å². The van der Waals surface area contributed by atoms with Crippen LogP contribution in [0.4, 0.5) is 9.59 Å². The molecule has 12 nitrogen and oxygen atoms in total. The maximum Gasteiger partial charge on any atom is 0.410 e. The SMILES string of the molecule is COC(=O)N[C@H](C(=O)N1CCCC1c1ncc(-c2ccc(-c3ccc(-c4cnc([C@@H]5CC6(CN5C(=O)OCc5ccccc5)SCCS6)[nH]4)cc3)cc2)[nH]1)C(C)C. The highest BCUT2D eigenvalue weighted by Crippen LogP contribution is 2.55. The summed E-state index contributed by atoms with van der Waals surface area (Å²) in [6.45, 7) is 5.28. The number of carbonyl (C=O) groups is 3. The third-order valence-electron chi connectivity index (χ3n) is 11.0. The summed E-state index contributed by atoms with van der Waals surface area (Å²) in [6.07, 6.45) is 5.20. The Kier molecular flexibility index (Phi) is 11.3. The van der Waals surface area contributed by atoms with Gasteiger partial charge in [0.15, 0.2) is 0 Å². The highest BCUT2D eigenvalue weighted by molar-refractivity contribution is 8.21. The van der Waals surface area contributed by atoms with Gasteiger partial charge in [-0.15, -0.1) is 23.5 Å². The maximum absolute atomic E-state index is 13.6. The summed E-state index contributed by atoms with van der Waals surface area (Å²) in [6, 6.07) is 25.4. The van der Waals surface area contributed by atoms with Gasteiger partial charge in [-0.3, -0.25) is 9.69 Å². The van der Waals surface area contributed by atoms with Crippen LogP contribution < -0.4 is 5.32 Å². The molecule has 296 valence electrons. The highest BCUT2D eigenvalue weighted by Gasteiger charge is 2.51. The van der Waals surface area contributed by atoms with E-state index in [-0.39, 0.29) is 40.7 Å². The molecule has 5 heterocycles. The number of nitrogens with one attached hydrogen (secondary N) is 3. The van der Waals surface area contributed by atoms with Crippen molar-refractivity contribution in [1.29, 1.82) is 0 Å². The third-order valence-corrected chi connectivity index (χ3v) is 14.4. The number of amides is 3.